The summed E-state index contributed by atoms with van der Waals surface area (Å²) in [7, 11) is -4.17. The maximum absolute atomic E-state index is 14.0. The number of aromatic nitrogens is 1. The Morgan fingerprint density at radius 1 is 1.06 bits per heavy atom. The van der Waals surface area contributed by atoms with Crippen molar-refractivity contribution in [3.05, 3.63) is 47.0 Å². The summed E-state index contributed by atoms with van der Waals surface area (Å²) < 4.78 is 49.5. The number of nitrogens with zero attached hydrogens (tertiary/aromatic N) is 3. The van der Waals surface area contributed by atoms with E-state index in [0.29, 0.717) is 49.8 Å². The predicted octanol–water partition coefficient (Wildman–Crippen LogP) is 2.07. The lowest BCUT2D eigenvalue weighted by Gasteiger charge is -2.36. The molecule has 0 spiro atoms. The Bertz CT molecular complexity index is 1170. The molecule has 1 aliphatic rings. The van der Waals surface area contributed by atoms with E-state index < -0.39 is 28.4 Å². The molecule has 1 fully saturated rings. The molecule has 0 saturated carbocycles. The third kappa shape index (κ3) is 5.10. The molecule has 3 rings (SSSR count). The molecule has 0 aliphatic carbocycles. The number of carbonyl (C=O) groups is 2. The highest BCUT2D eigenvalue weighted by Gasteiger charge is 2.33. The third-order valence-electron chi connectivity index (χ3n) is 6.03. The van der Waals surface area contributed by atoms with Gasteiger partial charge in [0.1, 0.15) is 16.3 Å². The van der Waals surface area contributed by atoms with Crippen LogP contribution in [0.1, 0.15) is 35.6 Å². The first-order valence-corrected chi connectivity index (χ1v) is 12.7. The van der Waals surface area contributed by atoms with Crippen LogP contribution >= 0.6 is 0 Å². The number of amides is 1. The van der Waals surface area contributed by atoms with Crippen molar-refractivity contribution < 1.29 is 27.1 Å². The van der Waals surface area contributed by atoms with E-state index in [0.717, 1.165) is 0 Å². The number of carbonyl (C=O) groups excluding carboxylic acids is 2. The molecule has 0 radical (unpaired) electrons. The molecule has 9 nitrogen and oxygen atoms in total. The summed E-state index contributed by atoms with van der Waals surface area (Å²) in [5.74, 6) is -1.43. The number of esters is 1. The van der Waals surface area contributed by atoms with Crippen LogP contribution in [0.2, 0.25) is 0 Å². The van der Waals surface area contributed by atoms with Crippen LogP contribution in [0.25, 0.3) is 0 Å². The Labute approximate surface area is 199 Å². The van der Waals surface area contributed by atoms with Gasteiger partial charge in [0.15, 0.2) is 0 Å². The zero-order valence-corrected chi connectivity index (χ0v) is 20.7. The number of rotatable bonds is 8. The van der Waals surface area contributed by atoms with Gasteiger partial charge in [-0.15, -0.1) is 0 Å². The lowest BCUT2D eigenvalue weighted by atomic mass is 10.2. The Morgan fingerprint density at radius 2 is 1.71 bits per heavy atom. The van der Waals surface area contributed by atoms with Crippen molar-refractivity contribution in [3.8, 4) is 0 Å². The molecule has 1 saturated heterocycles. The lowest BCUT2D eigenvalue weighted by molar-refractivity contribution is -0.130. The van der Waals surface area contributed by atoms with E-state index in [1.165, 1.54) is 6.07 Å². The van der Waals surface area contributed by atoms with Gasteiger partial charge in [0.2, 0.25) is 15.9 Å². The number of piperazine rings is 1. The third-order valence-corrected chi connectivity index (χ3v) is 7.59. The number of nitrogens with one attached hydrogen (secondary N) is 1. The van der Waals surface area contributed by atoms with E-state index in [-0.39, 0.29) is 22.9 Å². The van der Waals surface area contributed by atoms with Crippen LogP contribution in [-0.4, -0.2) is 69.1 Å². The van der Waals surface area contributed by atoms with Crippen molar-refractivity contribution in [2.24, 2.45) is 0 Å². The number of hydrogen-bond donors (Lipinski definition) is 1. The van der Waals surface area contributed by atoms with Crippen LogP contribution in [0.5, 0.6) is 0 Å². The molecule has 2 heterocycles. The van der Waals surface area contributed by atoms with Gasteiger partial charge in [-0.2, -0.15) is 0 Å². The second kappa shape index (κ2) is 10.6. The zero-order valence-electron chi connectivity index (χ0n) is 19.9. The van der Waals surface area contributed by atoms with Gasteiger partial charge in [-0.25, -0.2) is 22.3 Å². The van der Waals surface area contributed by atoms with Gasteiger partial charge in [0.25, 0.3) is 0 Å². The molecule has 1 aromatic heterocycles. The molecule has 1 N–H and O–H groups in total. The molecule has 1 aromatic carbocycles. The molecule has 0 atom stereocenters. The van der Waals surface area contributed by atoms with Gasteiger partial charge in [0.05, 0.1) is 18.8 Å². The van der Waals surface area contributed by atoms with Gasteiger partial charge in [-0.05, 0) is 39.8 Å². The maximum atomic E-state index is 14.0. The molecule has 1 aliphatic heterocycles. The van der Waals surface area contributed by atoms with Crippen molar-refractivity contribution in [3.63, 3.8) is 0 Å². The van der Waals surface area contributed by atoms with Crippen LogP contribution in [0.4, 0.5) is 10.1 Å². The van der Waals surface area contributed by atoms with Crippen LogP contribution < -0.4 is 9.62 Å². The molecular weight excluding hydrogens is 463 g/mol. The summed E-state index contributed by atoms with van der Waals surface area (Å²) in [5.41, 5.74) is 1.36. The molecule has 186 valence electrons. The zero-order chi connectivity index (χ0) is 25.0. The fourth-order valence-corrected chi connectivity index (χ4v) is 5.80. The minimum atomic E-state index is -4.17. The van der Waals surface area contributed by atoms with Crippen LogP contribution in [0, 0.1) is 19.7 Å². The van der Waals surface area contributed by atoms with E-state index in [4.69, 9.17) is 4.74 Å². The number of sulfonamides is 1. The second-order valence-electron chi connectivity index (χ2n) is 7.98. The Morgan fingerprint density at radius 3 is 2.29 bits per heavy atom. The maximum Gasteiger partial charge on any atom is 0.341 e. The number of para-hydroxylation sites is 1. The highest BCUT2D eigenvalue weighted by Crippen LogP contribution is 2.28. The van der Waals surface area contributed by atoms with Gasteiger partial charge in [-0.3, -0.25) is 4.79 Å². The van der Waals surface area contributed by atoms with Gasteiger partial charge >= 0.3 is 5.97 Å². The Hall–Kier alpha value is -2.92. The van der Waals surface area contributed by atoms with Gasteiger partial charge in [-0.1, -0.05) is 12.1 Å². The molecule has 1 amide bonds. The topological polar surface area (TPSA) is 101 Å². The highest BCUT2D eigenvalue weighted by atomic mass is 32.2. The summed E-state index contributed by atoms with van der Waals surface area (Å²) in [4.78, 5) is 28.5. The predicted molar refractivity (Wildman–Crippen MR) is 126 cm³/mol. The summed E-state index contributed by atoms with van der Waals surface area (Å²) in [6, 6.07) is 6.46. The average molecular weight is 495 g/mol. The fourth-order valence-electron chi connectivity index (χ4n) is 4.35. The molecule has 0 unspecified atom stereocenters. The summed E-state index contributed by atoms with van der Waals surface area (Å²) in [6.45, 7) is 8.48. The van der Waals surface area contributed by atoms with E-state index in [2.05, 4.69) is 4.72 Å². The van der Waals surface area contributed by atoms with E-state index in [1.54, 1.807) is 48.4 Å². The van der Waals surface area contributed by atoms with Gasteiger partial charge < -0.3 is 19.1 Å². The number of benzene rings is 1. The largest absolute Gasteiger partial charge is 0.462 e. The van der Waals surface area contributed by atoms with E-state index in [9.17, 15) is 22.4 Å². The van der Waals surface area contributed by atoms with Crippen molar-refractivity contribution in [2.75, 3.05) is 44.2 Å². The normalized spacial score (nSPS) is 14.4. The van der Waals surface area contributed by atoms with Crippen molar-refractivity contribution in [1.29, 1.82) is 0 Å². The minimum absolute atomic E-state index is 0.0142. The number of ether oxygens (including phenoxy) is 1. The number of anilines is 1. The lowest BCUT2D eigenvalue weighted by Crippen LogP contribution is -2.51. The summed E-state index contributed by atoms with van der Waals surface area (Å²) >= 11 is 0. The summed E-state index contributed by atoms with van der Waals surface area (Å²) in [6.07, 6.45) is 0. The van der Waals surface area contributed by atoms with Gasteiger partial charge in [0, 0.05) is 44.1 Å². The van der Waals surface area contributed by atoms with E-state index in [1.807, 2.05) is 11.8 Å². The highest BCUT2D eigenvalue weighted by molar-refractivity contribution is 7.89. The average Bonchev–Trinajstić information content (AvgIpc) is 3.08. The van der Waals surface area contributed by atoms with E-state index >= 15 is 0 Å². The molecule has 11 heteroatoms. The first kappa shape index (κ1) is 25.7. The van der Waals surface area contributed by atoms with Crippen LogP contribution in [-0.2, 0) is 26.1 Å². The van der Waals surface area contributed by atoms with Crippen molar-refractivity contribution >= 4 is 27.6 Å². The van der Waals surface area contributed by atoms with Crippen LogP contribution in [0.15, 0.2) is 29.2 Å². The minimum Gasteiger partial charge on any atom is -0.462 e. The Kier molecular flexibility index (Phi) is 7.98. The number of hydrogen-bond acceptors (Lipinski definition) is 6. The Balaban J connectivity index is 1.71. The smallest absolute Gasteiger partial charge is 0.341 e. The van der Waals surface area contributed by atoms with Crippen LogP contribution in [0.3, 0.4) is 0 Å². The molecule has 0 bridgehead atoms. The SMILES string of the molecule is CCOC(=O)c1c(S(=O)(=O)NCC(=O)N2CCN(c3ccccc3F)CC2)c(C)n(CC)c1C. The fraction of sp³-hybridized carbons (Fsp3) is 0.478. The monoisotopic (exact) mass is 494 g/mol. The molecular formula is C23H31FN4O5S. The van der Waals surface area contributed by atoms with Crippen molar-refractivity contribution in [1.82, 2.24) is 14.2 Å². The number of halogens is 1. The summed E-state index contributed by atoms with van der Waals surface area (Å²) in [5, 5.41) is 0. The first-order valence-electron chi connectivity index (χ1n) is 11.3. The first-order chi connectivity index (χ1) is 16.1. The second-order valence-corrected chi connectivity index (χ2v) is 9.69. The quantitative estimate of drug-likeness (QED) is 0.564. The van der Waals surface area contributed by atoms with Crippen molar-refractivity contribution in [2.45, 2.75) is 39.1 Å². The standard InChI is InChI=1S/C23H31FN4O5S/c1-5-28-16(3)21(23(30)33-6-2)22(17(28)4)34(31,32)25-15-20(29)27-13-11-26(12-14-27)19-10-8-7-9-18(19)24/h7-10,25H,5-6,11-15H2,1-4H3. The molecule has 2 aromatic rings. The molecule has 34 heavy (non-hydrogen) atoms.